The molecule has 0 aromatic heterocycles. The molecule has 1 saturated heterocycles. The molecular formula is C27H30Cl2N2O2. The second-order valence-corrected chi connectivity index (χ2v) is 8.99. The van der Waals surface area contributed by atoms with Gasteiger partial charge in [0.2, 0.25) is 0 Å². The number of rotatable bonds is 9. The minimum Gasteiger partial charge on any atom is -0.490 e. The molecule has 1 aliphatic heterocycles. The predicted molar refractivity (Wildman–Crippen MR) is 138 cm³/mol. The highest BCUT2D eigenvalue weighted by Crippen LogP contribution is 2.38. The second-order valence-electron chi connectivity index (χ2n) is 8.18. The highest BCUT2D eigenvalue weighted by molar-refractivity contribution is 6.33. The van der Waals surface area contributed by atoms with Crippen molar-refractivity contribution in [1.82, 2.24) is 0 Å². The molecule has 174 valence electrons. The van der Waals surface area contributed by atoms with E-state index < -0.39 is 0 Å². The zero-order chi connectivity index (χ0) is 23.0. The van der Waals surface area contributed by atoms with Crippen molar-refractivity contribution in [3.63, 3.8) is 0 Å². The molecular weight excluding hydrogens is 455 g/mol. The Morgan fingerprint density at radius 2 is 1.64 bits per heavy atom. The highest BCUT2D eigenvalue weighted by atomic mass is 35.5. The number of hydrogen-bond donors (Lipinski definition) is 1. The van der Waals surface area contributed by atoms with Gasteiger partial charge in [0.25, 0.3) is 0 Å². The monoisotopic (exact) mass is 484 g/mol. The summed E-state index contributed by atoms with van der Waals surface area (Å²) >= 11 is 13.2. The third-order valence-electron chi connectivity index (χ3n) is 5.74. The normalized spacial score (nSPS) is 13.6. The second kappa shape index (κ2) is 11.5. The molecule has 6 heteroatoms. The molecule has 0 unspecified atom stereocenters. The Hall–Kier alpha value is -2.56. The summed E-state index contributed by atoms with van der Waals surface area (Å²) < 4.78 is 11.8. The topological polar surface area (TPSA) is 33.7 Å². The van der Waals surface area contributed by atoms with Gasteiger partial charge in [0.05, 0.1) is 22.3 Å². The molecule has 1 N–H and O–H groups in total. The summed E-state index contributed by atoms with van der Waals surface area (Å²) in [5.74, 6) is 1.22. The van der Waals surface area contributed by atoms with Crippen LogP contribution in [0.3, 0.4) is 0 Å². The molecule has 1 aliphatic rings. The number of piperidine rings is 1. The van der Waals surface area contributed by atoms with E-state index in [0.717, 1.165) is 40.6 Å². The van der Waals surface area contributed by atoms with Gasteiger partial charge < -0.3 is 19.7 Å². The van der Waals surface area contributed by atoms with E-state index in [1.807, 2.05) is 55.5 Å². The zero-order valence-electron chi connectivity index (χ0n) is 18.9. The molecule has 0 aliphatic carbocycles. The summed E-state index contributed by atoms with van der Waals surface area (Å²) in [5, 5.41) is 4.76. The first-order chi connectivity index (χ1) is 16.1. The van der Waals surface area contributed by atoms with Crippen LogP contribution in [0, 0.1) is 0 Å². The van der Waals surface area contributed by atoms with Crippen LogP contribution in [0.5, 0.6) is 11.5 Å². The molecule has 33 heavy (non-hydrogen) atoms. The van der Waals surface area contributed by atoms with Crippen LogP contribution in [0.2, 0.25) is 10.0 Å². The lowest BCUT2D eigenvalue weighted by Gasteiger charge is -2.29. The molecule has 1 heterocycles. The summed E-state index contributed by atoms with van der Waals surface area (Å²) in [5.41, 5.74) is 4.17. The first kappa shape index (κ1) is 23.6. The third kappa shape index (κ3) is 6.27. The van der Waals surface area contributed by atoms with E-state index in [-0.39, 0.29) is 0 Å². The standard InChI is InChI=1S/C27H30Cl2N2O2/c1-2-32-26-16-21(15-24(29)27(26)33-19-20-9-5-3-6-10-20)18-30-22-11-12-25(23(28)17-22)31-13-7-4-8-14-31/h3,5-6,9-12,15-17,30H,2,4,7-8,13-14,18-19H2,1H3. The van der Waals surface area contributed by atoms with Crippen LogP contribution in [0.15, 0.2) is 60.7 Å². The van der Waals surface area contributed by atoms with Gasteiger partial charge in [-0.1, -0.05) is 53.5 Å². The lowest BCUT2D eigenvalue weighted by atomic mass is 10.1. The minimum absolute atomic E-state index is 0.431. The summed E-state index contributed by atoms with van der Waals surface area (Å²) in [4.78, 5) is 2.37. The number of ether oxygens (including phenoxy) is 2. The maximum Gasteiger partial charge on any atom is 0.180 e. The number of hydrogen-bond acceptors (Lipinski definition) is 4. The zero-order valence-corrected chi connectivity index (χ0v) is 20.5. The minimum atomic E-state index is 0.431. The van der Waals surface area contributed by atoms with Gasteiger partial charge in [-0.2, -0.15) is 0 Å². The molecule has 3 aromatic carbocycles. The molecule has 0 amide bonds. The average molecular weight is 485 g/mol. The SMILES string of the molecule is CCOc1cc(CNc2ccc(N3CCCCC3)c(Cl)c2)cc(Cl)c1OCc1ccccc1. The third-order valence-corrected chi connectivity index (χ3v) is 6.32. The highest BCUT2D eigenvalue weighted by Gasteiger charge is 2.15. The largest absolute Gasteiger partial charge is 0.490 e. The number of anilines is 2. The number of nitrogens with one attached hydrogen (secondary N) is 1. The van der Waals surface area contributed by atoms with Gasteiger partial charge in [0.1, 0.15) is 6.61 Å². The van der Waals surface area contributed by atoms with E-state index in [9.17, 15) is 0 Å². The van der Waals surface area contributed by atoms with Crippen molar-refractivity contribution >= 4 is 34.6 Å². The van der Waals surface area contributed by atoms with E-state index in [1.54, 1.807) is 0 Å². The molecule has 1 fully saturated rings. The Bertz CT molecular complexity index is 1050. The van der Waals surface area contributed by atoms with E-state index in [2.05, 4.69) is 22.3 Å². The van der Waals surface area contributed by atoms with Crippen molar-refractivity contribution < 1.29 is 9.47 Å². The molecule has 0 radical (unpaired) electrons. The predicted octanol–water partition coefficient (Wildman–Crippen LogP) is 7.57. The van der Waals surface area contributed by atoms with Crippen LogP contribution in [0.1, 0.15) is 37.3 Å². The summed E-state index contributed by atoms with van der Waals surface area (Å²) in [6.45, 7) is 5.65. The Morgan fingerprint density at radius 3 is 2.36 bits per heavy atom. The maximum atomic E-state index is 6.60. The van der Waals surface area contributed by atoms with E-state index in [0.29, 0.717) is 36.3 Å². The molecule has 0 atom stereocenters. The Morgan fingerprint density at radius 1 is 0.848 bits per heavy atom. The first-order valence-electron chi connectivity index (χ1n) is 11.5. The fourth-order valence-corrected chi connectivity index (χ4v) is 4.66. The molecule has 0 saturated carbocycles. The van der Waals surface area contributed by atoms with Gasteiger partial charge in [0, 0.05) is 25.3 Å². The quantitative estimate of drug-likeness (QED) is 0.339. The van der Waals surface area contributed by atoms with Gasteiger partial charge >= 0.3 is 0 Å². The smallest absolute Gasteiger partial charge is 0.180 e. The molecule has 4 nitrogen and oxygen atoms in total. The average Bonchev–Trinajstić information content (AvgIpc) is 2.84. The summed E-state index contributed by atoms with van der Waals surface area (Å²) in [7, 11) is 0. The van der Waals surface area contributed by atoms with Crippen molar-refractivity contribution in [2.75, 3.05) is 29.9 Å². The van der Waals surface area contributed by atoms with Gasteiger partial charge in [-0.25, -0.2) is 0 Å². The number of benzene rings is 3. The first-order valence-corrected chi connectivity index (χ1v) is 12.3. The van der Waals surface area contributed by atoms with Crippen LogP contribution in [-0.2, 0) is 13.2 Å². The fourth-order valence-electron chi connectivity index (χ4n) is 4.07. The van der Waals surface area contributed by atoms with Crippen molar-refractivity contribution in [2.24, 2.45) is 0 Å². The Balaban J connectivity index is 1.44. The summed E-state index contributed by atoms with van der Waals surface area (Å²) in [6, 6.07) is 20.1. The van der Waals surface area contributed by atoms with Crippen molar-refractivity contribution in [2.45, 2.75) is 39.3 Å². The maximum absolute atomic E-state index is 6.60. The van der Waals surface area contributed by atoms with E-state index in [1.165, 1.54) is 19.3 Å². The number of nitrogens with zero attached hydrogens (tertiary/aromatic N) is 1. The lowest BCUT2D eigenvalue weighted by molar-refractivity contribution is 0.269. The van der Waals surface area contributed by atoms with E-state index >= 15 is 0 Å². The van der Waals surface area contributed by atoms with Gasteiger partial charge in [-0.05, 0) is 67.6 Å². The molecule has 0 bridgehead atoms. The van der Waals surface area contributed by atoms with Gasteiger partial charge in [-0.3, -0.25) is 0 Å². The van der Waals surface area contributed by atoms with Crippen LogP contribution >= 0.6 is 23.2 Å². The van der Waals surface area contributed by atoms with E-state index in [4.69, 9.17) is 32.7 Å². The number of halogens is 2. The Kier molecular flexibility index (Phi) is 8.25. The van der Waals surface area contributed by atoms with Gasteiger partial charge in [0.15, 0.2) is 11.5 Å². The van der Waals surface area contributed by atoms with Crippen molar-refractivity contribution in [3.05, 3.63) is 81.8 Å². The van der Waals surface area contributed by atoms with Crippen molar-refractivity contribution in [3.8, 4) is 11.5 Å². The van der Waals surface area contributed by atoms with Crippen LogP contribution in [0.25, 0.3) is 0 Å². The molecule has 3 aromatic rings. The Labute approximate surface area is 206 Å². The lowest BCUT2D eigenvalue weighted by Crippen LogP contribution is -2.29. The molecule has 4 rings (SSSR count). The summed E-state index contributed by atoms with van der Waals surface area (Å²) in [6.07, 6.45) is 3.75. The van der Waals surface area contributed by atoms with Crippen LogP contribution in [0.4, 0.5) is 11.4 Å². The fraction of sp³-hybridized carbons (Fsp3) is 0.333. The van der Waals surface area contributed by atoms with Crippen molar-refractivity contribution in [1.29, 1.82) is 0 Å². The van der Waals surface area contributed by atoms with Crippen LogP contribution < -0.4 is 19.7 Å². The van der Waals surface area contributed by atoms with Crippen LogP contribution in [-0.4, -0.2) is 19.7 Å². The molecule has 0 spiro atoms. The van der Waals surface area contributed by atoms with Gasteiger partial charge in [-0.15, -0.1) is 0 Å².